The summed E-state index contributed by atoms with van der Waals surface area (Å²) in [6.07, 6.45) is 0. The van der Waals surface area contributed by atoms with Crippen molar-refractivity contribution < 1.29 is 9.21 Å². The largest absolute Gasteiger partial charge is 0.451 e. The molecule has 5 rings (SSSR count). The Labute approximate surface area is 186 Å². The summed E-state index contributed by atoms with van der Waals surface area (Å²) in [6.45, 7) is 2.26. The van der Waals surface area contributed by atoms with E-state index in [0.29, 0.717) is 17.3 Å². The molecular formula is C22H16ClN5O2S. The number of furan rings is 1. The van der Waals surface area contributed by atoms with Crippen molar-refractivity contribution in [2.45, 2.75) is 13.5 Å². The van der Waals surface area contributed by atoms with Gasteiger partial charge in [0.1, 0.15) is 10.8 Å². The van der Waals surface area contributed by atoms with Crippen LogP contribution in [0.5, 0.6) is 0 Å². The molecule has 2 aromatic carbocycles. The molecule has 3 aromatic heterocycles. The van der Waals surface area contributed by atoms with E-state index in [2.05, 4.69) is 20.6 Å². The highest BCUT2D eigenvalue weighted by atomic mass is 35.5. The van der Waals surface area contributed by atoms with Crippen molar-refractivity contribution in [2.24, 2.45) is 0 Å². The quantitative estimate of drug-likeness (QED) is 0.408. The Bertz CT molecular complexity index is 1370. The van der Waals surface area contributed by atoms with Crippen LogP contribution in [0.2, 0.25) is 5.02 Å². The third-order valence-corrected chi connectivity index (χ3v) is 5.96. The van der Waals surface area contributed by atoms with Gasteiger partial charge in [-0.2, -0.15) is 9.61 Å². The van der Waals surface area contributed by atoms with Crippen LogP contribution in [0.1, 0.15) is 21.9 Å². The average Bonchev–Trinajstić information content (AvgIpc) is 3.51. The predicted molar refractivity (Wildman–Crippen MR) is 119 cm³/mol. The Kier molecular flexibility index (Phi) is 5.01. The Hall–Kier alpha value is -3.49. The molecule has 0 atom stereocenters. The highest BCUT2D eigenvalue weighted by Gasteiger charge is 2.13. The molecule has 0 radical (unpaired) electrons. The Morgan fingerprint density at radius 1 is 1.03 bits per heavy atom. The van der Waals surface area contributed by atoms with Gasteiger partial charge in [-0.1, -0.05) is 47.2 Å². The van der Waals surface area contributed by atoms with Crippen LogP contribution in [-0.2, 0) is 6.54 Å². The van der Waals surface area contributed by atoms with E-state index in [0.717, 1.165) is 32.5 Å². The minimum Gasteiger partial charge on any atom is -0.451 e. The fourth-order valence-corrected chi connectivity index (χ4v) is 4.11. The topological polar surface area (TPSA) is 85.3 Å². The monoisotopic (exact) mass is 449 g/mol. The lowest BCUT2D eigenvalue weighted by Gasteiger charge is -2.04. The van der Waals surface area contributed by atoms with Crippen LogP contribution in [0.3, 0.4) is 0 Å². The molecule has 0 aliphatic heterocycles. The normalized spacial score (nSPS) is 11.2. The fourth-order valence-electron chi connectivity index (χ4n) is 3.10. The number of carbonyl (C=O) groups is 1. The molecule has 0 spiro atoms. The minimum atomic E-state index is -0.270. The summed E-state index contributed by atoms with van der Waals surface area (Å²) < 4.78 is 7.42. The van der Waals surface area contributed by atoms with E-state index in [4.69, 9.17) is 16.0 Å². The summed E-state index contributed by atoms with van der Waals surface area (Å²) >= 11 is 7.40. The van der Waals surface area contributed by atoms with Crippen LogP contribution in [-0.4, -0.2) is 25.7 Å². The molecule has 5 aromatic rings. The maximum Gasteiger partial charge on any atom is 0.287 e. The van der Waals surface area contributed by atoms with Crippen molar-refractivity contribution in [2.75, 3.05) is 0 Å². The van der Waals surface area contributed by atoms with Gasteiger partial charge in [-0.15, -0.1) is 10.2 Å². The van der Waals surface area contributed by atoms with Gasteiger partial charge in [0.25, 0.3) is 5.91 Å². The van der Waals surface area contributed by atoms with E-state index in [-0.39, 0.29) is 11.7 Å². The lowest BCUT2D eigenvalue weighted by molar-refractivity contribution is 0.0924. The molecule has 154 valence electrons. The van der Waals surface area contributed by atoms with Crippen molar-refractivity contribution in [1.82, 2.24) is 25.1 Å². The summed E-state index contributed by atoms with van der Waals surface area (Å²) in [6, 6.07) is 18.6. The van der Waals surface area contributed by atoms with Crippen LogP contribution in [0.25, 0.3) is 26.9 Å². The Morgan fingerprint density at radius 3 is 2.52 bits per heavy atom. The van der Waals surface area contributed by atoms with Gasteiger partial charge in [-0.25, -0.2) is 0 Å². The summed E-state index contributed by atoms with van der Waals surface area (Å²) in [5, 5.41) is 17.0. The van der Waals surface area contributed by atoms with Crippen molar-refractivity contribution in [3.05, 3.63) is 82.8 Å². The summed E-state index contributed by atoms with van der Waals surface area (Å²) in [5.41, 5.74) is 2.82. The first-order chi connectivity index (χ1) is 15.1. The number of fused-ring (bicyclic) bond motifs is 1. The molecule has 3 heterocycles. The van der Waals surface area contributed by atoms with Crippen molar-refractivity contribution in [1.29, 1.82) is 0 Å². The van der Waals surface area contributed by atoms with Gasteiger partial charge in [0.2, 0.25) is 4.96 Å². The van der Waals surface area contributed by atoms with E-state index < -0.39 is 0 Å². The zero-order valence-corrected chi connectivity index (χ0v) is 17.9. The minimum absolute atomic E-state index is 0.261. The zero-order valence-electron chi connectivity index (χ0n) is 16.4. The van der Waals surface area contributed by atoms with Crippen molar-refractivity contribution in [3.8, 4) is 21.9 Å². The van der Waals surface area contributed by atoms with Gasteiger partial charge in [0, 0.05) is 22.7 Å². The molecule has 1 amide bonds. The van der Waals surface area contributed by atoms with Crippen LogP contribution < -0.4 is 5.32 Å². The number of amides is 1. The van der Waals surface area contributed by atoms with Crippen LogP contribution in [0, 0.1) is 6.92 Å². The smallest absolute Gasteiger partial charge is 0.287 e. The summed E-state index contributed by atoms with van der Waals surface area (Å²) in [4.78, 5) is 13.2. The van der Waals surface area contributed by atoms with E-state index in [1.54, 1.807) is 28.8 Å². The van der Waals surface area contributed by atoms with E-state index >= 15 is 0 Å². The first-order valence-electron chi connectivity index (χ1n) is 9.49. The highest BCUT2D eigenvalue weighted by molar-refractivity contribution is 7.19. The predicted octanol–water partition coefficient (Wildman–Crippen LogP) is 5.00. The maximum atomic E-state index is 12.5. The molecule has 0 aliphatic carbocycles. The summed E-state index contributed by atoms with van der Waals surface area (Å²) in [7, 11) is 0. The van der Waals surface area contributed by atoms with Gasteiger partial charge >= 0.3 is 0 Å². The third kappa shape index (κ3) is 3.95. The molecule has 0 unspecified atom stereocenters. The first-order valence-corrected chi connectivity index (χ1v) is 10.7. The van der Waals surface area contributed by atoms with E-state index in [1.165, 1.54) is 11.3 Å². The van der Waals surface area contributed by atoms with Gasteiger partial charge in [0.15, 0.2) is 11.6 Å². The van der Waals surface area contributed by atoms with E-state index in [9.17, 15) is 4.79 Å². The molecule has 0 saturated heterocycles. The number of rotatable bonds is 5. The number of nitrogens with zero attached hydrogens (tertiary/aromatic N) is 4. The molecule has 7 nitrogen and oxygen atoms in total. The van der Waals surface area contributed by atoms with Gasteiger partial charge in [0.05, 0.1) is 0 Å². The van der Waals surface area contributed by atoms with Crippen LogP contribution in [0.15, 0.2) is 65.1 Å². The second kappa shape index (κ2) is 7.98. The Balaban J connectivity index is 1.23. The number of halogens is 1. The van der Waals surface area contributed by atoms with Gasteiger partial charge in [-0.3, -0.25) is 4.79 Å². The number of nitrogens with one attached hydrogen (secondary N) is 1. The second-order valence-electron chi connectivity index (χ2n) is 6.90. The molecule has 0 bridgehead atoms. The molecule has 9 heteroatoms. The summed E-state index contributed by atoms with van der Waals surface area (Å²) in [5.74, 6) is 1.37. The Morgan fingerprint density at radius 2 is 1.77 bits per heavy atom. The molecule has 0 aliphatic rings. The number of carbonyl (C=O) groups excluding carboxylic acids is 1. The fraction of sp³-hybridized carbons (Fsp3) is 0.0909. The average molecular weight is 450 g/mol. The lowest BCUT2D eigenvalue weighted by Crippen LogP contribution is -2.22. The zero-order chi connectivity index (χ0) is 21.4. The molecular weight excluding hydrogens is 434 g/mol. The number of benzene rings is 2. The standard InChI is InChI=1S/C22H16ClN5O2S/c1-13-25-26-22-28(13)27-21(31-22)16-4-2-14(3-5-16)12-24-20(29)19-11-10-18(30-19)15-6-8-17(23)9-7-15/h2-11H,12H2,1H3,(H,24,29). The van der Waals surface area contributed by atoms with Crippen LogP contribution >= 0.6 is 22.9 Å². The number of aryl methyl sites for hydroxylation is 1. The molecule has 0 fully saturated rings. The first kappa shape index (κ1) is 19.5. The molecule has 31 heavy (non-hydrogen) atoms. The van der Waals surface area contributed by atoms with Crippen molar-refractivity contribution in [3.63, 3.8) is 0 Å². The number of aromatic nitrogens is 4. The number of hydrogen-bond donors (Lipinski definition) is 1. The third-order valence-electron chi connectivity index (χ3n) is 4.76. The van der Waals surface area contributed by atoms with Gasteiger partial charge in [-0.05, 0) is 48.9 Å². The molecule has 1 N–H and O–H groups in total. The highest BCUT2D eigenvalue weighted by Crippen LogP contribution is 2.26. The second-order valence-corrected chi connectivity index (χ2v) is 8.29. The SMILES string of the molecule is Cc1nnc2sc(-c3ccc(CNC(=O)c4ccc(-c5ccc(Cl)cc5)o4)cc3)nn12. The lowest BCUT2D eigenvalue weighted by atomic mass is 10.1. The van der Waals surface area contributed by atoms with Crippen LogP contribution in [0.4, 0.5) is 0 Å². The number of hydrogen-bond acceptors (Lipinski definition) is 6. The van der Waals surface area contributed by atoms with Gasteiger partial charge < -0.3 is 9.73 Å². The van der Waals surface area contributed by atoms with Crippen molar-refractivity contribution >= 4 is 33.8 Å². The maximum absolute atomic E-state index is 12.5. The molecule has 0 saturated carbocycles. The van der Waals surface area contributed by atoms with E-state index in [1.807, 2.05) is 43.3 Å².